The van der Waals surface area contributed by atoms with E-state index in [0.29, 0.717) is 5.13 Å². The van der Waals surface area contributed by atoms with Crippen molar-refractivity contribution in [3.05, 3.63) is 40.4 Å². The van der Waals surface area contributed by atoms with E-state index in [1.54, 1.807) is 0 Å². The molecule has 1 aliphatic rings. The fourth-order valence-corrected chi connectivity index (χ4v) is 3.17. The number of amides is 1. The van der Waals surface area contributed by atoms with E-state index < -0.39 is 0 Å². The van der Waals surface area contributed by atoms with Crippen LogP contribution in [-0.2, 0) is 17.8 Å². The van der Waals surface area contributed by atoms with Crippen LogP contribution in [0.3, 0.4) is 0 Å². The van der Waals surface area contributed by atoms with E-state index in [1.165, 1.54) is 22.5 Å². The highest BCUT2D eigenvalue weighted by atomic mass is 32.1. The minimum absolute atomic E-state index is 0.0227. The minimum Gasteiger partial charge on any atom is -0.299 e. The largest absolute Gasteiger partial charge is 0.299 e. The van der Waals surface area contributed by atoms with Crippen molar-refractivity contribution in [2.45, 2.75) is 32.9 Å². The Kier molecular flexibility index (Phi) is 3.98. The topological polar surface area (TPSA) is 58.1 Å². The van der Waals surface area contributed by atoms with Crippen molar-refractivity contribution in [3.8, 4) is 0 Å². The SMILES string of the molecule is Cc1nnc(NC(=O)[C@@H](C)N2CCc3ccccc3C2)s1. The summed E-state index contributed by atoms with van der Waals surface area (Å²) in [5.41, 5.74) is 2.70. The third-order valence-corrected chi connectivity index (χ3v) is 4.60. The minimum atomic E-state index is -0.178. The molecule has 1 atom stereocenters. The Balaban J connectivity index is 1.66. The molecule has 0 spiro atoms. The summed E-state index contributed by atoms with van der Waals surface area (Å²) in [4.78, 5) is 14.5. The van der Waals surface area contributed by atoms with Gasteiger partial charge in [0.25, 0.3) is 0 Å². The van der Waals surface area contributed by atoms with Crippen LogP contribution < -0.4 is 5.32 Å². The van der Waals surface area contributed by atoms with Crippen molar-refractivity contribution in [3.63, 3.8) is 0 Å². The number of carbonyl (C=O) groups is 1. The summed E-state index contributed by atoms with van der Waals surface area (Å²) in [5, 5.41) is 12.1. The Morgan fingerprint density at radius 3 is 2.81 bits per heavy atom. The fourth-order valence-electron chi connectivity index (χ4n) is 2.57. The lowest BCUT2D eigenvalue weighted by Gasteiger charge is -2.32. The molecular weight excluding hydrogens is 284 g/mol. The molecule has 1 N–H and O–H groups in total. The summed E-state index contributed by atoms with van der Waals surface area (Å²) in [5.74, 6) is -0.0227. The Bertz CT molecular complexity index is 655. The molecule has 0 saturated carbocycles. The van der Waals surface area contributed by atoms with Gasteiger partial charge in [-0.15, -0.1) is 10.2 Å². The lowest BCUT2D eigenvalue weighted by molar-refractivity contribution is -0.121. The van der Waals surface area contributed by atoms with E-state index in [4.69, 9.17) is 0 Å². The molecule has 5 nitrogen and oxygen atoms in total. The van der Waals surface area contributed by atoms with E-state index in [2.05, 4.69) is 44.7 Å². The van der Waals surface area contributed by atoms with Crippen molar-refractivity contribution < 1.29 is 4.79 Å². The van der Waals surface area contributed by atoms with E-state index >= 15 is 0 Å². The highest BCUT2D eigenvalue weighted by Crippen LogP contribution is 2.21. The summed E-state index contributed by atoms with van der Waals surface area (Å²) < 4.78 is 0. The van der Waals surface area contributed by atoms with Crippen molar-refractivity contribution in [2.75, 3.05) is 11.9 Å². The normalized spacial score (nSPS) is 16.3. The molecule has 21 heavy (non-hydrogen) atoms. The molecule has 2 aromatic rings. The summed E-state index contributed by atoms with van der Waals surface area (Å²) in [6, 6.07) is 8.25. The Labute approximate surface area is 128 Å². The van der Waals surface area contributed by atoms with Crippen LogP contribution in [0, 0.1) is 6.92 Å². The van der Waals surface area contributed by atoms with Gasteiger partial charge < -0.3 is 0 Å². The zero-order chi connectivity index (χ0) is 14.8. The molecule has 110 valence electrons. The molecule has 1 aliphatic heterocycles. The lowest BCUT2D eigenvalue weighted by atomic mass is 9.99. The highest BCUT2D eigenvalue weighted by molar-refractivity contribution is 7.15. The maximum Gasteiger partial charge on any atom is 0.243 e. The van der Waals surface area contributed by atoms with Crippen LogP contribution in [0.25, 0.3) is 0 Å². The molecule has 6 heteroatoms. The maximum absolute atomic E-state index is 12.3. The predicted octanol–water partition coefficient (Wildman–Crippen LogP) is 2.23. The van der Waals surface area contributed by atoms with Gasteiger partial charge in [0.05, 0.1) is 6.04 Å². The van der Waals surface area contributed by atoms with Gasteiger partial charge in [0.15, 0.2) is 0 Å². The van der Waals surface area contributed by atoms with E-state index in [0.717, 1.165) is 24.5 Å². The molecule has 0 fully saturated rings. The van der Waals surface area contributed by atoms with Gasteiger partial charge in [0.1, 0.15) is 5.01 Å². The average molecular weight is 302 g/mol. The van der Waals surface area contributed by atoms with Gasteiger partial charge in [-0.05, 0) is 31.4 Å². The third kappa shape index (κ3) is 3.11. The molecule has 0 bridgehead atoms. The first-order chi connectivity index (χ1) is 10.1. The number of hydrogen-bond acceptors (Lipinski definition) is 5. The van der Waals surface area contributed by atoms with Crippen LogP contribution in [0.15, 0.2) is 24.3 Å². The van der Waals surface area contributed by atoms with Crippen LogP contribution in [0.5, 0.6) is 0 Å². The second-order valence-corrected chi connectivity index (χ2v) is 6.46. The van der Waals surface area contributed by atoms with Crippen molar-refractivity contribution in [2.24, 2.45) is 0 Å². The number of nitrogens with zero attached hydrogens (tertiary/aromatic N) is 3. The molecule has 0 radical (unpaired) electrons. The summed E-state index contributed by atoms with van der Waals surface area (Å²) in [7, 11) is 0. The first-order valence-electron chi connectivity index (χ1n) is 7.05. The number of rotatable bonds is 3. The number of hydrogen-bond donors (Lipinski definition) is 1. The van der Waals surface area contributed by atoms with Gasteiger partial charge in [-0.3, -0.25) is 15.0 Å². The highest BCUT2D eigenvalue weighted by Gasteiger charge is 2.25. The molecule has 0 aliphatic carbocycles. The number of aromatic nitrogens is 2. The number of aryl methyl sites for hydroxylation is 1. The van der Waals surface area contributed by atoms with E-state index in [-0.39, 0.29) is 11.9 Å². The van der Waals surface area contributed by atoms with Crippen molar-refractivity contribution in [1.82, 2.24) is 15.1 Å². The monoisotopic (exact) mass is 302 g/mol. The van der Waals surface area contributed by atoms with Crippen molar-refractivity contribution in [1.29, 1.82) is 0 Å². The number of benzene rings is 1. The summed E-state index contributed by atoms with van der Waals surface area (Å²) in [6.07, 6.45) is 0.992. The Morgan fingerprint density at radius 2 is 2.10 bits per heavy atom. The van der Waals surface area contributed by atoms with Crippen LogP contribution in [0.4, 0.5) is 5.13 Å². The third-order valence-electron chi connectivity index (χ3n) is 3.84. The quantitative estimate of drug-likeness (QED) is 0.944. The van der Waals surface area contributed by atoms with Gasteiger partial charge in [0.2, 0.25) is 11.0 Å². The first kappa shape index (κ1) is 14.2. The maximum atomic E-state index is 12.3. The zero-order valence-electron chi connectivity index (χ0n) is 12.2. The van der Waals surface area contributed by atoms with Crippen LogP contribution in [0.1, 0.15) is 23.1 Å². The van der Waals surface area contributed by atoms with Crippen LogP contribution in [0.2, 0.25) is 0 Å². The van der Waals surface area contributed by atoms with Crippen molar-refractivity contribution >= 4 is 22.4 Å². The second-order valence-electron chi connectivity index (χ2n) is 5.28. The summed E-state index contributed by atoms with van der Waals surface area (Å²) >= 11 is 1.40. The molecule has 0 saturated heterocycles. The Morgan fingerprint density at radius 1 is 1.33 bits per heavy atom. The molecule has 1 aromatic heterocycles. The first-order valence-corrected chi connectivity index (χ1v) is 7.87. The number of carbonyl (C=O) groups excluding carboxylic acids is 1. The van der Waals surface area contributed by atoms with E-state index in [9.17, 15) is 4.79 Å². The van der Waals surface area contributed by atoms with E-state index in [1.807, 2.05) is 13.8 Å². The Hall–Kier alpha value is -1.79. The number of nitrogens with one attached hydrogen (secondary N) is 1. The number of anilines is 1. The predicted molar refractivity (Wildman–Crippen MR) is 83.3 cm³/mol. The van der Waals surface area contributed by atoms with Gasteiger partial charge >= 0.3 is 0 Å². The smallest absolute Gasteiger partial charge is 0.243 e. The van der Waals surface area contributed by atoms with Gasteiger partial charge in [-0.2, -0.15) is 0 Å². The zero-order valence-corrected chi connectivity index (χ0v) is 13.0. The second kappa shape index (κ2) is 5.91. The molecule has 0 unspecified atom stereocenters. The standard InChI is InChI=1S/C15H18N4OS/c1-10(14(20)16-15-18-17-11(2)21-15)19-8-7-12-5-3-4-6-13(12)9-19/h3-6,10H,7-9H2,1-2H3,(H,16,18,20)/t10-/m1/s1. The summed E-state index contributed by atoms with van der Waals surface area (Å²) in [6.45, 7) is 5.54. The molecule has 2 heterocycles. The molecule has 1 amide bonds. The number of fused-ring (bicyclic) bond motifs is 1. The fraction of sp³-hybridized carbons (Fsp3) is 0.400. The molecule has 3 rings (SSSR count). The van der Waals surface area contributed by atoms with Gasteiger partial charge in [0, 0.05) is 13.1 Å². The van der Waals surface area contributed by atoms with Gasteiger partial charge in [-0.25, -0.2) is 0 Å². The average Bonchev–Trinajstić information content (AvgIpc) is 2.91. The molecular formula is C15H18N4OS. The van der Waals surface area contributed by atoms with Crippen LogP contribution in [-0.4, -0.2) is 33.6 Å². The lowest BCUT2D eigenvalue weighted by Crippen LogP contribution is -2.44. The van der Waals surface area contributed by atoms with Gasteiger partial charge in [-0.1, -0.05) is 35.6 Å². The van der Waals surface area contributed by atoms with Crippen LogP contribution >= 0.6 is 11.3 Å². The molecule has 1 aromatic carbocycles.